The Morgan fingerprint density at radius 3 is 2.59 bits per heavy atom. The van der Waals surface area contributed by atoms with Crippen molar-refractivity contribution < 1.29 is 14.5 Å². The Morgan fingerprint density at radius 1 is 1.00 bits per heavy atom. The lowest BCUT2D eigenvalue weighted by molar-refractivity contribution is -0.574. The minimum Gasteiger partial charge on any atom is -0.446 e. The third-order valence-electron chi connectivity index (χ3n) is 4.42. The fourth-order valence-corrected chi connectivity index (χ4v) is 3.11. The number of ether oxygens (including phenoxy) is 1. The summed E-state index contributed by atoms with van der Waals surface area (Å²) in [4.78, 5) is 9.61. The molecule has 0 unspecified atom stereocenters. The molecule has 2 heterocycles. The molecule has 2 aromatic heterocycles. The zero-order valence-corrected chi connectivity index (χ0v) is 15.7. The minimum atomic E-state index is 0.260. The van der Waals surface area contributed by atoms with Crippen LogP contribution in [0, 0.1) is 0 Å². The molecule has 0 bridgehead atoms. The number of furan rings is 1. The summed E-state index contributed by atoms with van der Waals surface area (Å²) in [5, 5.41) is 3.15. The van der Waals surface area contributed by atoms with Crippen molar-refractivity contribution in [3.63, 3.8) is 0 Å². The summed E-state index contributed by atoms with van der Waals surface area (Å²) in [5.41, 5.74) is 3.46. The van der Waals surface area contributed by atoms with Crippen molar-refractivity contribution in [2.45, 2.75) is 26.4 Å². The normalized spacial score (nSPS) is 11.7. The van der Waals surface area contributed by atoms with Gasteiger partial charge in [0.15, 0.2) is 5.82 Å². The molecule has 0 spiro atoms. The third kappa shape index (κ3) is 3.84. The molecular formula is C22H24N3O2+. The number of nitrogens with zero attached hydrogens (tertiary/aromatic N) is 2. The molecule has 0 aliphatic rings. The topological polar surface area (TPSA) is 64.8 Å². The van der Waals surface area contributed by atoms with Gasteiger partial charge in [0, 0.05) is 17.4 Å². The summed E-state index contributed by atoms with van der Waals surface area (Å²) in [7, 11) is 0. The van der Waals surface area contributed by atoms with Gasteiger partial charge in [-0.25, -0.2) is 4.98 Å². The van der Waals surface area contributed by atoms with E-state index in [0.717, 1.165) is 58.8 Å². The number of hydrogen-bond donors (Lipinski definition) is 1. The van der Waals surface area contributed by atoms with E-state index in [1.165, 1.54) is 0 Å². The molecule has 0 radical (unpaired) electrons. The van der Waals surface area contributed by atoms with Gasteiger partial charge in [-0.1, -0.05) is 42.5 Å². The first-order chi connectivity index (χ1) is 13.2. The van der Waals surface area contributed by atoms with Crippen LogP contribution in [0.25, 0.3) is 33.5 Å². The fraction of sp³-hybridized carbons (Fsp3) is 0.273. The average Bonchev–Trinajstić information content (AvgIpc) is 3.07. The molecule has 5 heteroatoms. The Kier molecular flexibility index (Phi) is 5.14. The number of benzene rings is 2. The lowest BCUT2D eigenvalue weighted by Gasteiger charge is -2.07. The summed E-state index contributed by atoms with van der Waals surface area (Å²) in [6.07, 6.45) is 1.21. The van der Waals surface area contributed by atoms with Crippen molar-refractivity contribution >= 4 is 27.9 Å². The smallest absolute Gasteiger partial charge is 0.272 e. The average molecular weight is 362 g/mol. The molecule has 5 nitrogen and oxygen atoms in total. The van der Waals surface area contributed by atoms with Crippen molar-refractivity contribution in [3.8, 4) is 11.4 Å². The fourth-order valence-electron chi connectivity index (χ4n) is 3.11. The predicted molar refractivity (Wildman–Crippen MR) is 107 cm³/mol. The Labute approximate surface area is 158 Å². The summed E-state index contributed by atoms with van der Waals surface area (Å²) >= 11 is 0. The zero-order chi connectivity index (χ0) is 18.6. The van der Waals surface area contributed by atoms with Gasteiger partial charge in [-0.3, -0.25) is 5.32 Å². The van der Waals surface area contributed by atoms with E-state index in [0.29, 0.717) is 0 Å². The molecular weight excluding hydrogens is 338 g/mol. The first kappa shape index (κ1) is 17.6. The van der Waals surface area contributed by atoms with Gasteiger partial charge >= 0.3 is 0 Å². The molecule has 4 rings (SSSR count). The molecule has 2 N–H and O–H groups in total. The molecule has 2 aromatic carbocycles. The highest BCUT2D eigenvalue weighted by molar-refractivity contribution is 6.05. The van der Waals surface area contributed by atoms with Crippen molar-refractivity contribution in [1.82, 2.24) is 9.97 Å². The Bertz CT molecular complexity index is 1040. The van der Waals surface area contributed by atoms with Crippen molar-refractivity contribution in [3.05, 3.63) is 54.6 Å². The van der Waals surface area contributed by atoms with Crippen LogP contribution in [0.2, 0.25) is 0 Å². The second-order valence-corrected chi connectivity index (χ2v) is 6.84. The summed E-state index contributed by atoms with van der Waals surface area (Å²) in [5.74, 6) is 1.57. The molecule has 27 heavy (non-hydrogen) atoms. The minimum absolute atomic E-state index is 0.260. The summed E-state index contributed by atoms with van der Waals surface area (Å²) in [6, 6.07) is 18.1. The summed E-state index contributed by atoms with van der Waals surface area (Å²) < 4.78 is 11.7. The number of aromatic nitrogens is 2. The third-order valence-corrected chi connectivity index (χ3v) is 4.42. The Hall–Kier alpha value is -2.76. The van der Waals surface area contributed by atoms with Gasteiger partial charge in [-0.15, -0.1) is 0 Å². The molecule has 4 aromatic rings. The molecule has 138 valence electrons. The maximum Gasteiger partial charge on any atom is 0.272 e. The van der Waals surface area contributed by atoms with Crippen molar-refractivity contribution in [2.75, 3.05) is 13.2 Å². The lowest BCUT2D eigenvalue weighted by atomic mass is 10.2. The number of hydrogen-bond acceptors (Lipinski definition) is 4. The number of nitrogens with two attached hydrogens (primary N) is 1. The standard InChI is InChI=1S/C22H23N3O2/c1-15(2)26-14-8-13-23-22-20-19(17-11-6-7-12-18(17)27-20)24-21(25-22)16-9-4-3-5-10-16/h3-7,9-12,15H,8,13-14H2,1-2H3,(H,23,24,25)/p+1. The number of para-hydroxylation sites is 1. The second kappa shape index (κ2) is 7.86. The summed E-state index contributed by atoms with van der Waals surface area (Å²) in [6.45, 7) is 5.73. The molecule has 0 saturated carbocycles. The number of rotatable bonds is 7. The van der Waals surface area contributed by atoms with Gasteiger partial charge in [-0.05, 0) is 26.0 Å². The van der Waals surface area contributed by atoms with Crippen molar-refractivity contribution in [2.24, 2.45) is 0 Å². The van der Waals surface area contributed by atoms with Crippen LogP contribution in [0.15, 0.2) is 59.0 Å². The van der Waals surface area contributed by atoms with Crippen LogP contribution in [-0.2, 0) is 4.74 Å². The van der Waals surface area contributed by atoms with Gasteiger partial charge in [-0.2, -0.15) is 4.98 Å². The first-order valence-electron chi connectivity index (χ1n) is 9.42. The predicted octanol–water partition coefficient (Wildman–Crippen LogP) is 4.05. The SMILES string of the molecule is CC(C)OCCC[NH2+]c1nc(-c2ccccc2)nc2c1oc1ccccc12. The molecule has 0 fully saturated rings. The molecule has 0 saturated heterocycles. The van der Waals surface area contributed by atoms with Crippen LogP contribution in [-0.4, -0.2) is 29.2 Å². The number of fused-ring (bicyclic) bond motifs is 3. The number of quaternary nitrogens is 1. The van der Waals surface area contributed by atoms with E-state index in [1.807, 2.05) is 54.6 Å². The van der Waals surface area contributed by atoms with E-state index in [4.69, 9.17) is 19.1 Å². The van der Waals surface area contributed by atoms with Crippen molar-refractivity contribution in [1.29, 1.82) is 0 Å². The molecule has 0 aliphatic carbocycles. The highest BCUT2D eigenvalue weighted by Crippen LogP contribution is 2.31. The zero-order valence-electron chi connectivity index (χ0n) is 15.7. The van der Waals surface area contributed by atoms with Crippen LogP contribution in [0.5, 0.6) is 0 Å². The van der Waals surface area contributed by atoms with Crippen LogP contribution in [0.4, 0.5) is 5.82 Å². The second-order valence-electron chi connectivity index (χ2n) is 6.84. The first-order valence-corrected chi connectivity index (χ1v) is 9.42. The largest absolute Gasteiger partial charge is 0.446 e. The highest BCUT2D eigenvalue weighted by atomic mass is 16.5. The van der Waals surface area contributed by atoms with Gasteiger partial charge in [0.05, 0.1) is 19.3 Å². The molecule has 0 atom stereocenters. The van der Waals surface area contributed by atoms with Crippen LogP contribution in [0.3, 0.4) is 0 Å². The molecule has 0 amide bonds. The Morgan fingerprint density at radius 2 is 1.78 bits per heavy atom. The maximum absolute atomic E-state index is 6.08. The Balaban J connectivity index is 1.71. The van der Waals surface area contributed by atoms with Crippen LogP contribution < -0.4 is 5.32 Å². The molecule has 0 aliphatic heterocycles. The highest BCUT2D eigenvalue weighted by Gasteiger charge is 2.18. The van der Waals surface area contributed by atoms with E-state index in [2.05, 4.69) is 19.2 Å². The van der Waals surface area contributed by atoms with Gasteiger partial charge in [0.25, 0.3) is 5.82 Å². The lowest BCUT2D eigenvalue weighted by Crippen LogP contribution is -2.78. The van der Waals surface area contributed by atoms with Gasteiger partial charge in [0.1, 0.15) is 11.1 Å². The van der Waals surface area contributed by atoms with E-state index < -0.39 is 0 Å². The van der Waals surface area contributed by atoms with Crippen LogP contribution >= 0.6 is 0 Å². The quantitative estimate of drug-likeness (QED) is 0.504. The monoisotopic (exact) mass is 362 g/mol. The van der Waals surface area contributed by atoms with E-state index >= 15 is 0 Å². The van der Waals surface area contributed by atoms with E-state index in [9.17, 15) is 0 Å². The van der Waals surface area contributed by atoms with E-state index in [-0.39, 0.29) is 6.10 Å². The van der Waals surface area contributed by atoms with Gasteiger partial charge in [0.2, 0.25) is 5.58 Å². The van der Waals surface area contributed by atoms with E-state index in [1.54, 1.807) is 0 Å². The van der Waals surface area contributed by atoms with Crippen LogP contribution in [0.1, 0.15) is 20.3 Å². The van der Waals surface area contributed by atoms with Gasteiger partial charge < -0.3 is 9.15 Å². The maximum atomic E-state index is 6.08.